The second-order valence-electron chi connectivity index (χ2n) is 3.71. The second kappa shape index (κ2) is 5.35. The lowest BCUT2D eigenvalue weighted by Gasteiger charge is -2.09. The molecular formula is C14H10Cl2O. The molecule has 3 heteroatoms. The zero-order valence-corrected chi connectivity index (χ0v) is 10.5. The van der Waals surface area contributed by atoms with Crippen molar-refractivity contribution >= 4 is 29.5 Å². The van der Waals surface area contributed by atoms with Gasteiger partial charge >= 0.3 is 0 Å². The molecular weight excluding hydrogens is 255 g/mol. The largest absolute Gasteiger partial charge is 0.298 e. The van der Waals surface area contributed by atoms with Gasteiger partial charge < -0.3 is 0 Å². The van der Waals surface area contributed by atoms with E-state index in [1.54, 1.807) is 12.1 Å². The molecule has 0 bridgehead atoms. The Labute approximate surface area is 110 Å². The number of carbonyl (C=O) groups is 1. The van der Waals surface area contributed by atoms with E-state index in [1.165, 1.54) is 0 Å². The molecule has 1 nitrogen and oxygen atoms in total. The summed E-state index contributed by atoms with van der Waals surface area (Å²) in [5, 5.41) is 0.934. The smallest absolute Gasteiger partial charge is 0.150 e. The summed E-state index contributed by atoms with van der Waals surface area (Å²) < 4.78 is 0. The minimum absolute atomic E-state index is 0.458. The van der Waals surface area contributed by atoms with Crippen LogP contribution in [-0.4, -0.2) is 6.29 Å². The van der Waals surface area contributed by atoms with Gasteiger partial charge in [-0.3, -0.25) is 4.79 Å². The SMILES string of the molecule is O=Cc1ccc(Cl)c(Cl)c1Cc1ccccc1. The highest BCUT2D eigenvalue weighted by Crippen LogP contribution is 2.29. The summed E-state index contributed by atoms with van der Waals surface area (Å²) in [7, 11) is 0. The van der Waals surface area contributed by atoms with Crippen LogP contribution in [0.1, 0.15) is 21.5 Å². The molecule has 0 aromatic heterocycles. The molecule has 2 aromatic carbocycles. The van der Waals surface area contributed by atoms with Gasteiger partial charge in [-0.05, 0) is 29.7 Å². The van der Waals surface area contributed by atoms with Crippen LogP contribution in [0.25, 0.3) is 0 Å². The fourth-order valence-corrected chi connectivity index (χ4v) is 2.11. The highest BCUT2D eigenvalue weighted by molar-refractivity contribution is 6.42. The van der Waals surface area contributed by atoms with Crippen molar-refractivity contribution in [3.05, 3.63) is 69.2 Å². The minimum atomic E-state index is 0.458. The van der Waals surface area contributed by atoms with Crippen molar-refractivity contribution in [3.8, 4) is 0 Å². The molecule has 0 aliphatic rings. The molecule has 0 saturated heterocycles. The summed E-state index contributed by atoms with van der Waals surface area (Å²) in [5.74, 6) is 0. The number of hydrogen-bond acceptors (Lipinski definition) is 1. The Hall–Kier alpha value is -1.31. The van der Waals surface area contributed by atoms with Gasteiger partial charge in [-0.15, -0.1) is 0 Å². The Balaban J connectivity index is 2.44. The van der Waals surface area contributed by atoms with Crippen LogP contribution in [0.3, 0.4) is 0 Å². The molecule has 2 aromatic rings. The monoisotopic (exact) mass is 264 g/mol. The van der Waals surface area contributed by atoms with Crippen molar-refractivity contribution in [1.82, 2.24) is 0 Å². The number of hydrogen-bond donors (Lipinski definition) is 0. The first-order valence-corrected chi connectivity index (χ1v) is 5.94. The predicted molar refractivity (Wildman–Crippen MR) is 71.1 cm³/mol. The average Bonchev–Trinajstić information content (AvgIpc) is 2.37. The van der Waals surface area contributed by atoms with Gasteiger partial charge in [-0.2, -0.15) is 0 Å². The summed E-state index contributed by atoms with van der Waals surface area (Å²) in [6.45, 7) is 0. The number of rotatable bonds is 3. The molecule has 0 radical (unpaired) electrons. The number of aldehydes is 1. The van der Waals surface area contributed by atoms with Crippen molar-refractivity contribution in [2.45, 2.75) is 6.42 Å². The van der Waals surface area contributed by atoms with Crippen molar-refractivity contribution in [2.24, 2.45) is 0 Å². The first-order valence-electron chi connectivity index (χ1n) is 5.18. The molecule has 0 heterocycles. The predicted octanol–water partition coefficient (Wildman–Crippen LogP) is 4.40. The molecule has 0 atom stereocenters. The summed E-state index contributed by atoms with van der Waals surface area (Å²) >= 11 is 12.1. The Bertz CT molecular complexity index is 535. The summed E-state index contributed by atoms with van der Waals surface area (Å²) in [5.41, 5.74) is 2.46. The lowest BCUT2D eigenvalue weighted by atomic mass is 10.0. The average molecular weight is 265 g/mol. The molecule has 0 unspecified atom stereocenters. The van der Waals surface area contributed by atoms with Crippen LogP contribution in [-0.2, 0) is 6.42 Å². The van der Waals surface area contributed by atoms with E-state index in [4.69, 9.17) is 23.2 Å². The van der Waals surface area contributed by atoms with Crippen LogP contribution in [0.5, 0.6) is 0 Å². The van der Waals surface area contributed by atoms with Gasteiger partial charge in [0.05, 0.1) is 10.0 Å². The molecule has 0 aliphatic carbocycles. The van der Waals surface area contributed by atoms with E-state index in [-0.39, 0.29) is 0 Å². The van der Waals surface area contributed by atoms with Crippen LogP contribution in [0.4, 0.5) is 0 Å². The van der Waals surface area contributed by atoms with Gasteiger partial charge in [0.2, 0.25) is 0 Å². The van der Waals surface area contributed by atoms with Gasteiger partial charge in [-0.1, -0.05) is 53.5 Å². The van der Waals surface area contributed by atoms with Crippen molar-refractivity contribution < 1.29 is 4.79 Å². The zero-order valence-electron chi connectivity index (χ0n) is 8.99. The molecule has 0 N–H and O–H groups in total. The standard InChI is InChI=1S/C14H10Cl2O/c15-13-7-6-11(9-17)12(14(13)16)8-10-4-2-1-3-5-10/h1-7,9H,8H2. The molecule has 0 aliphatic heterocycles. The maximum absolute atomic E-state index is 11.0. The Morgan fingerprint density at radius 3 is 2.35 bits per heavy atom. The first-order chi connectivity index (χ1) is 8.22. The molecule has 0 saturated carbocycles. The van der Waals surface area contributed by atoms with Crippen molar-refractivity contribution in [2.75, 3.05) is 0 Å². The highest BCUT2D eigenvalue weighted by Gasteiger charge is 2.10. The van der Waals surface area contributed by atoms with Crippen LogP contribution >= 0.6 is 23.2 Å². The summed E-state index contributed by atoms with van der Waals surface area (Å²) in [6.07, 6.45) is 1.41. The normalized spacial score (nSPS) is 10.2. The lowest BCUT2D eigenvalue weighted by molar-refractivity contribution is 0.112. The third kappa shape index (κ3) is 2.68. The van der Waals surface area contributed by atoms with E-state index in [0.29, 0.717) is 22.0 Å². The highest BCUT2D eigenvalue weighted by atomic mass is 35.5. The first kappa shape index (κ1) is 12.2. The molecule has 2 rings (SSSR count). The molecule has 86 valence electrons. The number of carbonyl (C=O) groups excluding carboxylic acids is 1. The number of benzene rings is 2. The van der Waals surface area contributed by atoms with E-state index in [2.05, 4.69) is 0 Å². The molecule has 0 spiro atoms. The van der Waals surface area contributed by atoms with E-state index < -0.39 is 0 Å². The molecule has 0 fully saturated rings. The van der Waals surface area contributed by atoms with Gasteiger partial charge in [0.15, 0.2) is 0 Å². The Morgan fingerprint density at radius 1 is 1.00 bits per heavy atom. The summed E-state index contributed by atoms with van der Waals surface area (Å²) in [4.78, 5) is 11.0. The minimum Gasteiger partial charge on any atom is -0.298 e. The van der Waals surface area contributed by atoms with E-state index in [1.807, 2.05) is 30.3 Å². The van der Waals surface area contributed by atoms with Gasteiger partial charge in [0, 0.05) is 5.56 Å². The topological polar surface area (TPSA) is 17.1 Å². The maximum atomic E-state index is 11.0. The van der Waals surface area contributed by atoms with E-state index >= 15 is 0 Å². The fraction of sp³-hybridized carbons (Fsp3) is 0.0714. The quantitative estimate of drug-likeness (QED) is 0.752. The van der Waals surface area contributed by atoms with Gasteiger partial charge in [0.1, 0.15) is 6.29 Å². The molecule has 17 heavy (non-hydrogen) atoms. The van der Waals surface area contributed by atoms with Gasteiger partial charge in [0.25, 0.3) is 0 Å². The van der Waals surface area contributed by atoms with Crippen LogP contribution in [0, 0.1) is 0 Å². The van der Waals surface area contributed by atoms with E-state index in [0.717, 1.165) is 17.4 Å². The fourth-order valence-electron chi connectivity index (χ4n) is 1.70. The number of halogens is 2. The van der Waals surface area contributed by atoms with Crippen molar-refractivity contribution in [1.29, 1.82) is 0 Å². The Morgan fingerprint density at radius 2 is 1.71 bits per heavy atom. The Kier molecular flexibility index (Phi) is 3.82. The molecule has 0 amide bonds. The van der Waals surface area contributed by atoms with Crippen LogP contribution in [0.15, 0.2) is 42.5 Å². The maximum Gasteiger partial charge on any atom is 0.150 e. The summed E-state index contributed by atoms with van der Waals surface area (Å²) in [6, 6.07) is 13.2. The van der Waals surface area contributed by atoms with Crippen molar-refractivity contribution in [3.63, 3.8) is 0 Å². The third-order valence-corrected chi connectivity index (χ3v) is 3.43. The van der Waals surface area contributed by atoms with Crippen LogP contribution < -0.4 is 0 Å². The third-order valence-electron chi connectivity index (χ3n) is 2.58. The van der Waals surface area contributed by atoms with E-state index in [9.17, 15) is 4.79 Å². The zero-order chi connectivity index (χ0) is 12.3. The lowest BCUT2D eigenvalue weighted by Crippen LogP contribution is -1.96. The van der Waals surface area contributed by atoms with Crippen LogP contribution in [0.2, 0.25) is 10.0 Å². The van der Waals surface area contributed by atoms with Gasteiger partial charge in [-0.25, -0.2) is 0 Å². The second-order valence-corrected chi connectivity index (χ2v) is 4.49.